The SMILES string of the molecule is CC(C)(C)N(Cc1ccccc1)C(=O)COC(=O)Cc1n[nH]c(=O)c2ccccc12. The Morgan fingerprint density at radius 3 is 2.30 bits per heavy atom. The van der Waals surface area contributed by atoms with Gasteiger partial charge in [-0.05, 0) is 32.4 Å². The molecular weight excluding hydrogens is 382 g/mol. The third-order valence-corrected chi connectivity index (χ3v) is 4.74. The molecule has 156 valence electrons. The largest absolute Gasteiger partial charge is 0.455 e. The van der Waals surface area contributed by atoms with E-state index < -0.39 is 11.5 Å². The number of aromatic nitrogens is 2. The average Bonchev–Trinajstić information content (AvgIpc) is 2.72. The summed E-state index contributed by atoms with van der Waals surface area (Å²) in [4.78, 5) is 38.7. The number of carbonyl (C=O) groups excluding carboxylic acids is 2. The lowest BCUT2D eigenvalue weighted by Crippen LogP contribution is -2.46. The molecule has 0 spiro atoms. The molecular formula is C23H25N3O4. The van der Waals surface area contributed by atoms with Crippen LogP contribution in [0.25, 0.3) is 10.8 Å². The van der Waals surface area contributed by atoms with E-state index in [9.17, 15) is 14.4 Å². The number of hydrogen-bond donors (Lipinski definition) is 1. The summed E-state index contributed by atoms with van der Waals surface area (Å²) in [7, 11) is 0. The van der Waals surface area contributed by atoms with Crippen LogP contribution in [0.5, 0.6) is 0 Å². The molecule has 0 saturated carbocycles. The molecule has 0 unspecified atom stereocenters. The van der Waals surface area contributed by atoms with Gasteiger partial charge in [-0.15, -0.1) is 0 Å². The Balaban J connectivity index is 1.66. The zero-order valence-electron chi connectivity index (χ0n) is 17.3. The van der Waals surface area contributed by atoms with Gasteiger partial charge in [0.2, 0.25) is 0 Å². The maximum atomic E-state index is 12.8. The first kappa shape index (κ1) is 21.2. The van der Waals surface area contributed by atoms with E-state index in [4.69, 9.17) is 4.74 Å². The second-order valence-electron chi connectivity index (χ2n) is 8.02. The molecule has 1 heterocycles. The molecule has 0 bridgehead atoms. The van der Waals surface area contributed by atoms with E-state index in [1.165, 1.54) is 0 Å². The van der Waals surface area contributed by atoms with Crippen molar-refractivity contribution in [2.75, 3.05) is 6.61 Å². The van der Waals surface area contributed by atoms with Crippen LogP contribution in [0.15, 0.2) is 59.4 Å². The van der Waals surface area contributed by atoms with E-state index in [0.29, 0.717) is 23.0 Å². The van der Waals surface area contributed by atoms with Crippen LogP contribution in [0, 0.1) is 0 Å². The number of carbonyl (C=O) groups is 2. The van der Waals surface area contributed by atoms with Gasteiger partial charge in [0.05, 0.1) is 17.5 Å². The van der Waals surface area contributed by atoms with Gasteiger partial charge < -0.3 is 9.64 Å². The number of fused-ring (bicyclic) bond motifs is 1. The molecule has 0 saturated heterocycles. The number of ether oxygens (including phenoxy) is 1. The third-order valence-electron chi connectivity index (χ3n) is 4.74. The second kappa shape index (κ2) is 8.90. The first-order chi connectivity index (χ1) is 14.3. The number of aromatic amines is 1. The van der Waals surface area contributed by atoms with E-state index in [0.717, 1.165) is 5.56 Å². The zero-order chi connectivity index (χ0) is 21.7. The summed E-state index contributed by atoms with van der Waals surface area (Å²) >= 11 is 0. The Labute approximate surface area is 174 Å². The fourth-order valence-electron chi connectivity index (χ4n) is 3.18. The minimum atomic E-state index is -0.582. The highest BCUT2D eigenvalue weighted by Gasteiger charge is 2.27. The van der Waals surface area contributed by atoms with Gasteiger partial charge in [0.15, 0.2) is 6.61 Å². The second-order valence-corrected chi connectivity index (χ2v) is 8.02. The van der Waals surface area contributed by atoms with Gasteiger partial charge in [-0.25, -0.2) is 5.10 Å². The summed E-state index contributed by atoms with van der Waals surface area (Å²) in [6.07, 6.45) is -0.140. The maximum Gasteiger partial charge on any atom is 0.312 e. The molecule has 0 aliphatic rings. The summed E-state index contributed by atoms with van der Waals surface area (Å²) in [6.45, 7) is 5.88. The Bertz CT molecular complexity index is 1100. The van der Waals surface area contributed by atoms with Crippen LogP contribution in [0.2, 0.25) is 0 Å². The van der Waals surface area contributed by atoms with Crippen LogP contribution in [0.1, 0.15) is 32.0 Å². The summed E-state index contributed by atoms with van der Waals surface area (Å²) in [5.41, 5.74) is 0.644. The molecule has 0 aliphatic heterocycles. The number of benzene rings is 2. The first-order valence-corrected chi connectivity index (χ1v) is 9.72. The van der Waals surface area contributed by atoms with Crippen LogP contribution in [-0.4, -0.2) is 39.1 Å². The van der Waals surface area contributed by atoms with Crippen molar-refractivity contribution in [3.8, 4) is 0 Å². The third kappa shape index (κ3) is 5.11. The number of esters is 1. The normalized spacial score (nSPS) is 11.3. The van der Waals surface area contributed by atoms with Crippen molar-refractivity contribution in [1.82, 2.24) is 15.1 Å². The highest BCUT2D eigenvalue weighted by molar-refractivity contribution is 5.87. The van der Waals surface area contributed by atoms with Crippen molar-refractivity contribution >= 4 is 22.6 Å². The number of nitrogens with zero attached hydrogens (tertiary/aromatic N) is 2. The molecule has 30 heavy (non-hydrogen) atoms. The first-order valence-electron chi connectivity index (χ1n) is 9.72. The lowest BCUT2D eigenvalue weighted by atomic mass is 10.0. The predicted molar refractivity (Wildman–Crippen MR) is 114 cm³/mol. The standard InChI is InChI=1S/C23H25N3O4/c1-23(2,3)26(14-16-9-5-4-6-10-16)20(27)15-30-21(28)13-19-17-11-7-8-12-18(17)22(29)25-24-19/h4-12H,13-15H2,1-3H3,(H,25,29). The Morgan fingerprint density at radius 2 is 1.63 bits per heavy atom. The molecule has 0 fully saturated rings. The van der Waals surface area contributed by atoms with Gasteiger partial charge >= 0.3 is 5.97 Å². The molecule has 1 aromatic heterocycles. The average molecular weight is 407 g/mol. The van der Waals surface area contributed by atoms with E-state index in [1.54, 1.807) is 29.2 Å². The van der Waals surface area contributed by atoms with Gasteiger partial charge in [-0.1, -0.05) is 48.5 Å². The van der Waals surface area contributed by atoms with E-state index in [1.807, 2.05) is 51.1 Å². The molecule has 2 aromatic carbocycles. The Kier molecular flexibility index (Phi) is 6.30. The minimum Gasteiger partial charge on any atom is -0.455 e. The van der Waals surface area contributed by atoms with Crippen molar-refractivity contribution in [1.29, 1.82) is 0 Å². The molecule has 7 heteroatoms. The number of hydrogen-bond acceptors (Lipinski definition) is 5. The maximum absolute atomic E-state index is 12.8. The van der Waals surface area contributed by atoms with Crippen molar-refractivity contribution in [2.45, 2.75) is 39.3 Å². The lowest BCUT2D eigenvalue weighted by Gasteiger charge is -2.35. The topological polar surface area (TPSA) is 92.4 Å². The summed E-state index contributed by atoms with van der Waals surface area (Å²) in [5.74, 6) is -0.861. The number of rotatable bonds is 6. The van der Waals surface area contributed by atoms with Gasteiger partial charge in [-0.3, -0.25) is 14.4 Å². The summed E-state index contributed by atoms with van der Waals surface area (Å²) in [6, 6.07) is 16.6. The van der Waals surface area contributed by atoms with Gasteiger partial charge in [-0.2, -0.15) is 5.10 Å². The highest BCUT2D eigenvalue weighted by atomic mass is 16.5. The van der Waals surface area contributed by atoms with Crippen LogP contribution >= 0.6 is 0 Å². The lowest BCUT2D eigenvalue weighted by molar-refractivity contribution is -0.154. The van der Waals surface area contributed by atoms with Crippen molar-refractivity contribution < 1.29 is 14.3 Å². The number of amides is 1. The van der Waals surface area contributed by atoms with E-state index >= 15 is 0 Å². The zero-order valence-corrected chi connectivity index (χ0v) is 17.3. The molecule has 3 aromatic rings. The van der Waals surface area contributed by atoms with E-state index in [2.05, 4.69) is 10.2 Å². The smallest absolute Gasteiger partial charge is 0.312 e. The van der Waals surface area contributed by atoms with Gasteiger partial charge in [0.1, 0.15) is 0 Å². The summed E-state index contributed by atoms with van der Waals surface area (Å²) < 4.78 is 5.24. The fourth-order valence-corrected chi connectivity index (χ4v) is 3.18. The van der Waals surface area contributed by atoms with Crippen LogP contribution in [0.4, 0.5) is 0 Å². The monoisotopic (exact) mass is 407 g/mol. The Morgan fingerprint density at radius 1 is 1.00 bits per heavy atom. The fraction of sp³-hybridized carbons (Fsp3) is 0.304. The predicted octanol–water partition coefficient (Wildman–Crippen LogP) is 2.84. The van der Waals surface area contributed by atoms with Gasteiger partial charge in [0, 0.05) is 17.5 Å². The van der Waals surface area contributed by atoms with Crippen molar-refractivity contribution in [3.63, 3.8) is 0 Å². The van der Waals surface area contributed by atoms with Crippen molar-refractivity contribution in [2.24, 2.45) is 0 Å². The van der Waals surface area contributed by atoms with Crippen LogP contribution in [0.3, 0.4) is 0 Å². The molecule has 1 N–H and O–H groups in total. The highest BCUT2D eigenvalue weighted by Crippen LogP contribution is 2.18. The summed E-state index contributed by atoms with van der Waals surface area (Å²) in [5, 5.41) is 7.40. The molecule has 1 amide bonds. The molecule has 0 atom stereocenters. The van der Waals surface area contributed by atoms with E-state index in [-0.39, 0.29) is 24.5 Å². The quantitative estimate of drug-likeness (QED) is 0.635. The molecule has 7 nitrogen and oxygen atoms in total. The molecule has 0 aliphatic carbocycles. The van der Waals surface area contributed by atoms with Crippen molar-refractivity contribution in [3.05, 3.63) is 76.2 Å². The van der Waals surface area contributed by atoms with Crippen LogP contribution in [-0.2, 0) is 27.3 Å². The van der Waals surface area contributed by atoms with Gasteiger partial charge in [0.25, 0.3) is 11.5 Å². The number of nitrogens with one attached hydrogen (secondary N) is 1. The minimum absolute atomic E-state index is 0.140. The number of H-pyrrole nitrogens is 1. The molecule has 3 rings (SSSR count). The Hall–Kier alpha value is -3.48. The van der Waals surface area contributed by atoms with Crippen LogP contribution < -0.4 is 5.56 Å². The molecule has 0 radical (unpaired) electrons.